The van der Waals surface area contributed by atoms with Crippen molar-refractivity contribution < 1.29 is 13.7 Å². The van der Waals surface area contributed by atoms with Crippen LogP contribution in [0.15, 0.2) is 0 Å². The fourth-order valence-electron chi connectivity index (χ4n) is 1.48. The number of methoxy groups -OCH3 is 1. The normalized spacial score (nSPS) is 12.4. The predicted octanol–water partition coefficient (Wildman–Crippen LogP) is 2.66. The van der Waals surface area contributed by atoms with Gasteiger partial charge in [0.05, 0.1) is 7.11 Å². The maximum atomic E-state index is 11.4. The Hall–Kier alpha value is -0.380. The Labute approximate surface area is 101 Å². The van der Waals surface area contributed by atoms with E-state index in [1.165, 1.54) is 39.2 Å². The van der Waals surface area contributed by atoms with E-state index < -0.39 is 10.8 Å². The number of ether oxygens (including phenoxy) is 1. The van der Waals surface area contributed by atoms with E-state index in [-0.39, 0.29) is 11.7 Å². The van der Waals surface area contributed by atoms with E-state index in [9.17, 15) is 9.00 Å². The van der Waals surface area contributed by atoms with Crippen LogP contribution < -0.4 is 0 Å². The molecule has 96 valence electrons. The molecule has 0 aromatic rings. The van der Waals surface area contributed by atoms with Crippen molar-refractivity contribution in [2.45, 2.75) is 51.9 Å². The van der Waals surface area contributed by atoms with Gasteiger partial charge in [0.25, 0.3) is 0 Å². The Bertz CT molecular complexity index is 204. The quantitative estimate of drug-likeness (QED) is 0.441. The first-order chi connectivity index (χ1) is 7.70. The van der Waals surface area contributed by atoms with Gasteiger partial charge in [-0.1, -0.05) is 45.4 Å². The lowest BCUT2D eigenvalue weighted by molar-refractivity contribution is -0.137. The second-order valence-electron chi connectivity index (χ2n) is 3.99. The summed E-state index contributed by atoms with van der Waals surface area (Å²) in [6, 6.07) is 0. The molecule has 0 fully saturated rings. The largest absolute Gasteiger partial charge is 0.468 e. The summed E-state index contributed by atoms with van der Waals surface area (Å²) in [5, 5.41) is 0. The molecule has 3 nitrogen and oxygen atoms in total. The van der Waals surface area contributed by atoms with Gasteiger partial charge in [-0.25, -0.2) is 0 Å². The molecule has 4 heteroatoms. The molecule has 0 aliphatic carbocycles. The van der Waals surface area contributed by atoms with Crippen molar-refractivity contribution in [3.8, 4) is 0 Å². The van der Waals surface area contributed by atoms with E-state index in [1.807, 2.05) is 0 Å². The fraction of sp³-hybridized carbons (Fsp3) is 0.917. The van der Waals surface area contributed by atoms with E-state index in [2.05, 4.69) is 11.7 Å². The van der Waals surface area contributed by atoms with Gasteiger partial charge in [0, 0.05) is 16.6 Å². The maximum absolute atomic E-state index is 11.4. The molecule has 0 saturated carbocycles. The molecule has 16 heavy (non-hydrogen) atoms. The average molecular weight is 248 g/mol. The van der Waals surface area contributed by atoms with Gasteiger partial charge in [-0.05, 0) is 6.42 Å². The molecule has 0 aromatic heterocycles. The van der Waals surface area contributed by atoms with E-state index in [0.717, 1.165) is 12.8 Å². The lowest BCUT2D eigenvalue weighted by Gasteiger charge is -2.02. The standard InChI is InChI=1S/C12H24O3S/c1-3-4-5-6-7-8-9-10-16(14)11-12(13)15-2/h3-11H2,1-2H3. The minimum absolute atomic E-state index is 0.0480. The highest BCUT2D eigenvalue weighted by atomic mass is 32.2. The highest BCUT2D eigenvalue weighted by molar-refractivity contribution is 7.85. The number of carbonyl (C=O) groups is 1. The SMILES string of the molecule is CCCCCCCCCS(=O)CC(=O)OC. The summed E-state index contributed by atoms with van der Waals surface area (Å²) >= 11 is 0. The molecule has 0 bridgehead atoms. The zero-order chi connectivity index (χ0) is 12.2. The third-order valence-electron chi connectivity index (χ3n) is 2.48. The van der Waals surface area contributed by atoms with Gasteiger partial charge in [-0.15, -0.1) is 0 Å². The molecular formula is C12H24O3S. The third-order valence-corrected chi connectivity index (χ3v) is 3.78. The number of unbranched alkanes of at least 4 members (excludes halogenated alkanes) is 6. The molecule has 0 rings (SSSR count). The predicted molar refractivity (Wildman–Crippen MR) is 67.9 cm³/mol. The number of hydrogen-bond acceptors (Lipinski definition) is 3. The van der Waals surface area contributed by atoms with Gasteiger partial charge in [0.15, 0.2) is 0 Å². The topological polar surface area (TPSA) is 43.4 Å². The minimum Gasteiger partial charge on any atom is -0.468 e. The second kappa shape index (κ2) is 11.1. The van der Waals surface area contributed by atoms with Gasteiger partial charge < -0.3 is 4.74 Å². The van der Waals surface area contributed by atoms with Crippen LogP contribution in [0.25, 0.3) is 0 Å². The summed E-state index contributed by atoms with van der Waals surface area (Å²) in [4.78, 5) is 10.8. The van der Waals surface area contributed by atoms with Crippen molar-refractivity contribution in [3.63, 3.8) is 0 Å². The zero-order valence-electron chi connectivity index (χ0n) is 10.5. The smallest absolute Gasteiger partial charge is 0.318 e. The van der Waals surface area contributed by atoms with Crippen LogP contribution in [-0.4, -0.2) is 28.8 Å². The van der Waals surface area contributed by atoms with Crippen LogP contribution in [0, 0.1) is 0 Å². The second-order valence-corrected chi connectivity index (χ2v) is 5.56. The molecule has 0 saturated heterocycles. The van der Waals surface area contributed by atoms with Crippen LogP contribution in [0.5, 0.6) is 0 Å². The zero-order valence-corrected chi connectivity index (χ0v) is 11.3. The van der Waals surface area contributed by atoms with Crippen molar-refractivity contribution in [2.24, 2.45) is 0 Å². The van der Waals surface area contributed by atoms with Gasteiger partial charge in [-0.2, -0.15) is 0 Å². The van der Waals surface area contributed by atoms with Crippen molar-refractivity contribution in [1.82, 2.24) is 0 Å². The monoisotopic (exact) mass is 248 g/mol. The van der Waals surface area contributed by atoms with Crippen molar-refractivity contribution in [2.75, 3.05) is 18.6 Å². The fourth-order valence-corrected chi connectivity index (χ4v) is 2.53. The molecule has 0 heterocycles. The maximum Gasteiger partial charge on any atom is 0.318 e. The molecule has 0 spiro atoms. The number of esters is 1. The summed E-state index contributed by atoms with van der Waals surface area (Å²) in [5.74, 6) is 0.302. The Morgan fingerprint density at radius 1 is 1.06 bits per heavy atom. The average Bonchev–Trinajstić information content (AvgIpc) is 2.27. The van der Waals surface area contributed by atoms with Crippen LogP contribution in [0.1, 0.15) is 51.9 Å². The minimum atomic E-state index is -1.03. The summed E-state index contributed by atoms with van der Waals surface area (Å²) in [7, 11) is 0.293. The van der Waals surface area contributed by atoms with E-state index in [0.29, 0.717) is 5.75 Å². The first kappa shape index (κ1) is 15.6. The number of hydrogen-bond donors (Lipinski definition) is 0. The van der Waals surface area contributed by atoms with Crippen LogP contribution >= 0.6 is 0 Å². The van der Waals surface area contributed by atoms with E-state index >= 15 is 0 Å². The Balaban J connectivity index is 3.24. The van der Waals surface area contributed by atoms with Crippen LogP contribution in [0.2, 0.25) is 0 Å². The first-order valence-electron chi connectivity index (χ1n) is 6.12. The molecule has 0 aliphatic heterocycles. The summed E-state index contributed by atoms with van der Waals surface area (Å²) in [6.07, 6.45) is 8.46. The lowest BCUT2D eigenvalue weighted by atomic mass is 10.1. The Morgan fingerprint density at radius 2 is 1.62 bits per heavy atom. The molecule has 1 atom stereocenters. The number of rotatable bonds is 10. The van der Waals surface area contributed by atoms with Crippen molar-refractivity contribution in [1.29, 1.82) is 0 Å². The van der Waals surface area contributed by atoms with Gasteiger partial charge in [-0.3, -0.25) is 9.00 Å². The molecule has 0 aliphatic rings. The molecule has 1 unspecified atom stereocenters. The van der Waals surface area contributed by atoms with Crippen LogP contribution in [0.4, 0.5) is 0 Å². The highest BCUT2D eigenvalue weighted by Crippen LogP contribution is 2.07. The van der Waals surface area contributed by atoms with Gasteiger partial charge in [0.1, 0.15) is 5.75 Å². The third kappa shape index (κ3) is 10.1. The summed E-state index contributed by atoms with van der Waals surface area (Å²) < 4.78 is 15.8. The van der Waals surface area contributed by atoms with Crippen LogP contribution in [0.3, 0.4) is 0 Å². The molecule has 0 amide bonds. The van der Waals surface area contributed by atoms with Crippen molar-refractivity contribution in [3.05, 3.63) is 0 Å². The molecule has 0 radical (unpaired) electrons. The summed E-state index contributed by atoms with van der Waals surface area (Å²) in [6.45, 7) is 2.20. The van der Waals surface area contributed by atoms with Crippen molar-refractivity contribution >= 4 is 16.8 Å². The van der Waals surface area contributed by atoms with Gasteiger partial charge in [0.2, 0.25) is 0 Å². The lowest BCUT2D eigenvalue weighted by Crippen LogP contribution is -2.14. The Morgan fingerprint density at radius 3 is 2.19 bits per heavy atom. The molecule has 0 N–H and O–H groups in total. The molecule has 0 aromatic carbocycles. The van der Waals surface area contributed by atoms with Gasteiger partial charge >= 0.3 is 5.97 Å². The summed E-state index contributed by atoms with van der Waals surface area (Å²) in [5.41, 5.74) is 0. The Kier molecular flexibility index (Phi) is 10.9. The van der Waals surface area contributed by atoms with E-state index in [1.54, 1.807) is 0 Å². The van der Waals surface area contributed by atoms with E-state index in [4.69, 9.17) is 0 Å². The first-order valence-corrected chi connectivity index (χ1v) is 7.61. The molecular weight excluding hydrogens is 224 g/mol. The highest BCUT2D eigenvalue weighted by Gasteiger charge is 2.06. The number of carbonyl (C=O) groups excluding carboxylic acids is 1. The van der Waals surface area contributed by atoms with Crippen LogP contribution in [-0.2, 0) is 20.3 Å².